The molecule has 0 saturated carbocycles. The molecule has 0 aliphatic carbocycles. The van der Waals surface area contributed by atoms with Gasteiger partial charge in [-0.15, -0.1) is 0 Å². The molecule has 3 heteroatoms. The molecule has 2 saturated heterocycles. The van der Waals surface area contributed by atoms with Crippen molar-refractivity contribution in [3.63, 3.8) is 0 Å². The Bertz CT molecular complexity index is 145. The largest absolute Gasteiger partial charge is 0.381 e. The SMILES string of the molecule is NC1CNCCC1C1CCOC1. The van der Waals surface area contributed by atoms with E-state index in [1.165, 1.54) is 12.8 Å². The summed E-state index contributed by atoms with van der Waals surface area (Å²) >= 11 is 0. The number of hydrogen-bond donors (Lipinski definition) is 2. The molecule has 2 aliphatic heterocycles. The first kappa shape index (κ1) is 8.48. The Hall–Kier alpha value is -0.120. The molecule has 12 heavy (non-hydrogen) atoms. The Balaban J connectivity index is 1.91. The van der Waals surface area contributed by atoms with Crippen LogP contribution in [0.2, 0.25) is 0 Å². The van der Waals surface area contributed by atoms with Crippen molar-refractivity contribution in [3.8, 4) is 0 Å². The third kappa shape index (κ3) is 1.63. The van der Waals surface area contributed by atoms with Crippen molar-refractivity contribution < 1.29 is 4.74 Å². The highest BCUT2D eigenvalue weighted by Crippen LogP contribution is 2.27. The van der Waals surface area contributed by atoms with Gasteiger partial charge < -0.3 is 15.8 Å². The molecule has 0 radical (unpaired) electrons. The van der Waals surface area contributed by atoms with Crippen molar-refractivity contribution >= 4 is 0 Å². The zero-order valence-corrected chi connectivity index (χ0v) is 7.46. The van der Waals surface area contributed by atoms with E-state index in [4.69, 9.17) is 10.5 Å². The summed E-state index contributed by atoms with van der Waals surface area (Å²) in [7, 11) is 0. The van der Waals surface area contributed by atoms with Crippen LogP contribution in [0.25, 0.3) is 0 Å². The molecular formula is C9H18N2O. The lowest BCUT2D eigenvalue weighted by Crippen LogP contribution is -2.48. The molecule has 2 aliphatic rings. The maximum Gasteiger partial charge on any atom is 0.0498 e. The molecule has 2 heterocycles. The molecule has 0 aromatic heterocycles. The third-order valence-corrected chi connectivity index (χ3v) is 3.15. The molecule has 2 fully saturated rings. The van der Waals surface area contributed by atoms with E-state index in [9.17, 15) is 0 Å². The van der Waals surface area contributed by atoms with E-state index in [1.54, 1.807) is 0 Å². The smallest absolute Gasteiger partial charge is 0.0498 e. The van der Waals surface area contributed by atoms with E-state index in [0.717, 1.165) is 32.2 Å². The van der Waals surface area contributed by atoms with E-state index in [-0.39, 0.29) is 0 Å². The Morgan fingerprint density at radius 3 is 2.92 bits per heavy atom. The first-order valence-corrected chi connectivity index (χ1v) is 4.92. The minimum absolute atomic E-state index is 0.352. The van der Waals surface area contributed by atoms with Crippen molar-refractivity contribution in [2.24, 2.45) is 17.6 Å². The Labute approximate surface area is 73.7 Å². The molecule has 70 valence electrons. The van der Waals surface area contributed by atoms with Crippen LogP contribution >= 0.6 is 0 Å². The summed E-state index contributed by atoms with van der Waals surface area (Å²) < 4.78 is 5.38. The average Bonchev–Trinajstić information content (AvgIpc) is 2.57. The molecule has 3 unspecified atom stereocenters. The zero-order valence-electron chi connectivity index (χ0n) is 7.46. The van der Waals surface area contributed by atoms with Crippen molar-refractivity contribution in [1.29, 1.82) is 0 Å². The molecular weight excluding hydrogens is 152 g/mol. The summed E-state index contributed by atoms with van der Waals surface area (Å²) in [6.45, 7) is 4.01. The summed E-state index contributed by atoms with van der Waals surface area (Å²) in [6, 6.07) is 0.352. The van der Waals surface area contributed by atoms with Gasteiger partial charge in [0.25, 0.3) is 0 Å². The van der Waals surface area contributed by atoms with Crippen molar-refractivity contribution in [2.45, 2.75) is 18.9 Å². The fourth-order valence-electron chi connectivity index (χ4n) is 2.38. The topological polar surface area (TPSA) is 47.3 Å². The average molecular weight is 170 g/mol. The first-order valence-electron chi connectivity index (χ1n) is 4.92. The third-order valence-electron chi connectivity index (χ3n) is 3.15. The van der Waals surface area contributed by atoms with Gasteiger partial charge in [-0.1, -0.05) is 0 Å². The van der Waals surface area contributed by atoms with Crippen LogP contribution in [-0.4, -0.2) is 32.3 Å². The van der Waals surface area contributed by atoms with Gasteiger partial charge >= 0.3 is 0 Å². The summed E-state index contributed by atoms with van der Waals surface area (Å²) in [6.07, 6.45) is 2.45. The number of hydrogen-bond acceptors (Lipinski definition) is 3. The number of piperidine rings is 1. The molecule has 0 bridgehead atoms. The van der Waals surface area contributed by atoms with Crippen LogP contribution in [0.3, 0.4) is 0 Å². The van der Waals surface area contributed by atoms with Crippen LogP contribution in [0.1, 0.15) is 12.8 Å². The summed E-state index contributed by atoms with van der Waals surface area (Å²) in [5, 5.41) is 3.32. The molecule has 0 amide bonds. The molecule has 3 nitrogen and oxygen atoms in total. The van der Waals surface area contributed by atoms with Gasteiger partial charge in [0.05, 0.1) is 0 Å². The fourth-order valence-corrected chi connectivity index (χ4v) is 2.38. The Morgan fingerprint density at radius 1 is 1.33 bits per heavy atom. The van der Waals surface area contributed by atoms with Gasteiger partial charge in [-0.2, -0.15) is 0 Å². The first-order chi connectivity index (χ1) is 5.88. The normalized spacial score (nSPS) is 43.2. The second-order valence-electron chi connectivity index (χ2n) is 3.94. The molecule has 3 atom stereocenters. The highest BCUT2D eigenvalue weighted by Gasteiger charge is 2.31. The lowest BCUT2D eigenvalue weighted by molar-refractivity contribution is 0.154. The van der Waals surface area contributed by atoms with E-state index < -0.39 is 0 Å². The van der Waals surface area contributed by atoms with Crippen LogP contribution in [0.5, 0.6) is 0 Å². The van der Waals surface area contributed by atoms with Crippen molar-refractivity contribution in [3.05, 3.63) is 0 Å². The Kier molecular flexibility index (Phi) is 2.63. The van der Waals surface area contributed by atoms with Crippen LogP contribution in [-0.2, 0) is 4.74 Å². The monoisotopic (exact) mass is 170 g/mol. The van der Waals surface area contributed by atoms with E-state index in [0.29, 0.717) is 12.0 Å². The van der Waals surface area contributed by atoms with Gasteiger partial charge in [0, 0.05) is 25.8 Å². The van der Waals surface area contributed by atoms with E-state index in [1.807, 2.05) is 0 Å². The van der Waals surface area contributed by atoms with Crippen molar-refractivity contribution in [1.82, 2.24) is 5.32 Å². The maximum absolute atomic E-state index is 6.04. The minimum Gasteiger partial charge on any atom is -0.381 e. The molecule has 0 spiro atoms. The predicted molar refractivity (Wildman–Crippen MR) is 47.9 cm³/mol. The van der Waals surface area contributed by atoms with Crippen molar-refractivity contribution in [2.75, 3.05) is 26.3 Å². The number of rotatable bonds is 1. The number of nitrogens with two attached hydrogens (primary N) is 1. The summed E-state index contributed by atoms with van der Waals surface area (Å²) in [4.78, 5) is 0. The van der Waals surface area contributed by atoms with Gasteiger partial charge in [0.1, 0.15) is 0 Å². The highest BCUT2D eigenvalue weighted by atomic mass is 16.5. The summed E-state index contributed by atoms with van der Waals surface area (Å²) in [5.41, 5.74) is 6.04. The maximum atomic E-state index is 6.04. The molecule has 2 rings (SSSR count). The lowest BCUT2D eigenvalue weighted by atomic mass is 9.81. The van der Waals surface area contributed by atoms with Gasteiger partial charge in [0.15, 0.2) is 0 Å². The number of nitrogens with one attached hydrogen (secondary N) is 1. The fraction of sp³-hybridized carbons (Fsp3) is 1.00. The second kappa shape index (κ2) is 3.73. The van der Waals surface area contributed by atoms with Gasteiger partial charge in [0.2, 0.25) is 0 Å². The van der Waals surface area contributed by atoms with Gasteiger partial charge in [-0.3, -0.25) is 0 Å². The minimum atomic E-state index is 0.352. The van der Waals surface area contributed by atoms with Gasteiger partial charge in [-0.05, 0) is 31.2 Å². The van der Waals surface area contributed by atoms with E-state index in [2.05, 4.69) is 5.32 Å². The van der Waals surface area contributed by atoms with Crippen LogP contribution in [0, 0.1) is 11.8 Å². The van der Waals surface area contributed by atoms with Crippen LogP contribution in [0.15, 0.2) is 0 Å². The van der Waals surface area contributed by atoms with E-state index >= 15 is 0 Å². The van der Waals surface area contributed by atoms with Crippen LogP contribution in [0.4, 0.5) is 0 Å². The quantitative estimate of drug-likeness (QED) is 0.580. The standard InChI is InChI=1S/C9H18N2O/c10-9-5-11-3-1-8(9)7-2-4-12-6-7/h7-9,11H,1-6,10H2. The molecule has 0 aromatic carbocycles. The zero-order chi connectivity index (χ0) is 8.39. The van der Waals surface area contributed by atoms with Gasteiger partial charge in [-0.25, -0.2) is 0 Å². The highest BCUT2D eigenvalue weighted by molar-refractivity contribution is 4.86. The Morgan fingerprint density at radius 2 is 2.25 bits per heavy atom. The lowest BCUT2D eigenvalue weighted by Gasteiger charge is -2.32. The van der Waals surface area contributed by atoms with Crippen LogP contribution < -0.4 is 11.1 Å². The number of ether oxygens (including phenoxy) is 1. The predicted octanol–water partition coefficient (Wildman–Crippen LogP) is -0.0403. The second-order valence-corrected chi connectivity index (χ2v) is 3.94. The molecule has 0 aromatic rings. The molecule has 3 N–H and O–H groups in total. The summed E-state index contributed by atoms with van der Waals surface area (Å²) in [5.74, 6) is 1.44.